The van der Waals surface area contributed by atoms with Crippen LogP contribution in [0.25, 0.3) is 0 Å². The van der Waals surface area contributed by atoms with Crippen LogP contribution in [0.5, 0.6) is 11.5 Å². The molecule has 1 aromatic rings. The maximum Gasteiger partial charge on any atom is 0.131 e. The van der Waals surface area contributed by atoms with Crippen molar-refractivity contribution in [2.75, 3.05) is 7.11 Å². The minimum Gasteiger partial charge on any atom is -0.497 e. The maximum atomic E-state index is 5.58. The van der Waals surface area contributed by atoms with Crippen LogP contribution in [-0.2, 0) is 0 Å². The van der Waals surface area contributed by atoms with E-state index in [1.165, 1.54) is 0 Å². The fourth-order valence-electron chi connectivity index (χ4n) is 1.47. The number of ether oxygens (including phenoxy) is 2. The highest BCUT2D eigenvalue weighted by molar-refractivity contribution is 9.09. The van der Waals surface area contributed by atoms with E-state index < -0.39 is 0 Å². The molecule has 74 valence electrons. The van der Waals surface area contributed by atoms with E-state index in [2.05, 4.69) is 15.9 Å². The van der Waals surface area contributed by atoms with E-state index in [0.29, 0.717) is 0 Å². The third-order valence-corrected chi connectivity index (χ3v) is 2.92. The van der Waals surface area contributed by atoms with E-state index in [9.17, 15) is 0 Å². The molecule has 0 saturated carbocycles. The smallest absolute Gasteiger partial charge is 0.131 e. The zero-order valence-electron chi connectivity index (χ0n) is 8.08. The Hall–Kier alpha value is -0.960. The van der Waals surface area contributed by atoms with Gasteiger partial charge < -0.3 is 9.47 Å². The van der Waals surface area contributed by atoms with Gasteiger partial charge in [-0.05, 0) is 31.2 Å². The molecule has 0 saturated heterocycles. The molecular weight excluding hydrogens is 244 g/mol. The topological polar surface area (TPSA) is 18.5 Å². The first-order valence-corrected chi connectivity index (χ1v) is 5.30. The molecule has 1 atom stereocenters. The second-order valence-electron chi connectivity index (χ2n) is 3.18. The molecule has 0 N–H and O–H groups in total. The van der Waals surface area contributed by atoms with Crippen molar-refractivity contribution >= 4 is 15.9 Å². The minimum atomic E-state index is 0.210. The normalized spacial score (nSPS) is 19.4. The molecule has 1 unspecified atom stereocenters. The van der Waals surface area contributed by atoms with Gasteiger partial charge in [0.15, 0.2) is 0 Å². The lowest BCUT2D eigenvalue weighted by Gasteiger charge is -2.20. The van der Waals surface area contributed by atoms with Gasteiger partial charge in [0.1, 0.15) is 11.5 Å². The van der Waals surface area contributed by atoms with Crippen LogP contribution in [0.4, 0.5) is 0 Å². The van der Waals surface area contributed by atoms with E-state index in [1.807, 2.05) is 31.2 Å². The van der Waals surface area contributed by atoms with E-state index in [1.54, 1.807) is 7.11 Å². The van der Waals surface area contributed by atoms with Gasteiger partial charge in [-0.15, -0.1) is 0 Å². The summed E-state index contributed by atoms with van der Waals surface area (Å²) in [6.07, 6.45) is 2.03. The molecule has 0 radical (unpaired) electrons. The van der Waals surface area contributed by atoms with Crippen LogP contribution < -0.4 is 9.47 Å². The van der Waals surface area contributed by atoms with Crippen molar-refractivity contribution in [2.45, 2.75) is 11.8 Å². The molecule has 3 heteroatoms. The molecule has 2 rings (SSSR count). The predicted molar refractivity (Wildman–Crippen MR) is 59.0 cm³/mol. The molecule has 2 nitrogen and oxygen atoms in total. The molecule has 1 aliphatic heterocycles. The summed E-state index contributed by atoms with van der Waals surface area (Å²) in [4.78, 5) is 0.210. The highest BCUT2D eigenvalue weighted by Crippen LogP contribution is 2.39. The Bertz CT molecular complexity index is 385. The van der Waals surface area contributed by atoms with Crippen molar-refractivity contribution in [1.82, 2.24) is 0 Å². The zero-order valence-corrected chi connectivity index (χ0v) is 9.67. The summed E-state index contributed by atoms with van der Waals surface area (Å²) in [5.74, 6) is 2.67. The average molecular weight is 255 g/mol. The van der Waals surface area contributed by atoms with Crippen LogP contribution in [0.3, 0.4) is 0 Å². The minimum absolute atomic E-state index is 0.210. The van der Waals surface area contributed by atoms with E-state index in [0.717, 1.165) is 22.8 Å². The highest BCUT2D eigenvalue weighted by atomic mass is 79.9. The van der Waals surface area contributed by atoms with Gasteiger partial charge in [-0.25, -0.2) is 0 Å². The molecule has 1 aliphatic rings. The van der Waals surface area contributed by atoms with Crippen LogP contribution in [0.15, 0.2) is 30.0 Å². The fraction of sp³-hybridized carbons (Fsp3) is 0.273. The maximum absolute atomic E-state index is 5.58. The van der Waals surface area contributed by atoms with Crippen molar-refractivity contribution in [3.63, 3.8) is 0 Å². The molecule has 1 aromatic carbocycles. The third kappa shape index (κ3) is 1.64. The standard InChI is InChI=1S/C11H11BrO2/c1-7-5-10(12)9-6-8(13-2)3-4-11(9)14-7/h3-6,10H,1-2H3. The predicted octanol–water partition coefficient (Wildman–Crippen LogP) is 3.43. The average Bonchev–Trinajstić information content (AvgIpc) is 2.17. The zero-order chi connectivity index (χ0) is 10.1. The molecule has 0 amide bonds. The van der Waals surface area contributed by atoms with Crippen LogP contribution in [0, 0.1) is 0 Å². The highest BCUT2D eigenvalue weighted by Gasteiger charge is 2.18. The number of hydrogen-bond donors (Lipinski definition) is 0. The van der Waals surface area contributed by atoms with Gasteiger partial charge in [0.05, 0.1) is 17.7 Å². The third-order valence-electron chi connectivity index (χ3n) is 2.17. The van der Waals surface area contributed by atoms with E-state index in [-0.39, 0.29) is 4.83 Å². The Kier molecular flexibility index (Phi) is 2.50. The van der Waals surface area contributed by atoms with Crippen LogP contribution in [0.1, 0.15) is 17.3 Å². The van der Waals surface area contributed by atoms with Gasteiger partial charge >= 0.3 is 0 Å². The van der Waals surface area contributed by atoms with Gasteiger partial charge in [0.2, 0.25) is 0 Å². The van der Waals surface area contributed by atoms with Crippen LogP contribution in [-0.4, -0.2) is 7.11 Å². The van der Waals surface area contributed by atoms with E-state index >= 15 is 0 Å². The monoisotopic (exact) mass is 254 g/mol. The number of alkyl halides is 1. The molecule has 14 heavy (non-hydrogen) atoms. The lowest BCUT2D eigenvalue weighted by molar-refractivity contribution is 0.399. The molecule has 1 heterocycles. The number of hydrogen-bond acceptors (Lipinski definition) is 2. The van der Waals surface area contributed by atoms with Crippen LogP contribution in [0.2, 0.25) is 0 Å². The number of fused-ring (bicyclic) bond motifs is 1. The Balaban J connectivity index is 2.44. The summed E-state index contributed by atoms with van der Waals surface area (Å²) in [7, 11) is 1.66. The first kappa shape index (κ1) is 9.59. The van der Waals surface area contributed by atoms with Gasteiger partial charge in [-0.2, -0.15) is 0 Å². The lowest BCUT2D eigenvalue weighted by atomic mass is 10.1. The van der Waals surface area contributed by atoms with Crippen molar-refractivity contribution < 1.29 is 9.47 Å². The summed E-state index contributed by atoms with van der Waals surface area (Å²) in [6.45, 7) is 1.95. The Labute approximate surface area is 91.7 Å². The lowest BCUT2D eigenvalue weighted by Crippen LogP contribution is -2.03. The molecular formula is C11H11BrO2. The Morgan fingerprint density at radius 2 is 2.21 bits per heavy atom. The number of allylic oxidation sites excluding steroid dienone is 2. The molecule has 0 bridgehead atoms. The van der Waals surface area contributed by atoms with Crippen molar-refractivity contribution in [1.29, 1.82) is 0 Å². The quantitative estimate of drug-likeness (QED) is 0.716. The van der Waals surface area contributed by atoms with Gasteiger partial charge in [-0.3, -0.25) is 0 Å². The number of benzene rings is 1. The van der Waals surface area contributed by atoms with Gasteiger partial charge in [0.25, 0.3) is 0 Å². The number of rotatable bonds is 1. The molecule has 0 spiro atoms. The number of methoxy groups -OCH3 is 1. The molecule has 0 fully saturated rings. The van der Waals surface area contributed by atoms with Gasteiger partial charge in [-0.1, -0.05) is 15.9 Å². The summed E-state index contributed by atoms with van der Waals surface area (Å²) < 4.78 is 10.7. The first-order valence-electron chi connectivity index (χ1n) is 4.39. The van der Waals surface area contributed by atoms with Crippen molar-refractivity contribution in [2.24, 2.45) is 0 Å². The molecule has 0 aliphatic carbocycles. The summed E-state index contributed by atoms with van der Waals surface area (Å²) in [6, 6.07) is 5.81. The second kappa shape index (κ2) is 3.65. The van der Waals surface area contributed by atoms with Crippen molar-refractivity contribution in [3.8, 4) is 11.5 Å². The molecule has 0 aromatic heterocycles. The largest absolute Gasteiger partial charge is 0.497 e. The van der Waals surface area contributed by atoms with Crippen molar-refractivity contribution in [3.05, 3.63) is 35.6 Å². The summed E-state index contributed by atoms with van der Waals surface area (Å²) in [5, 5.41) is 0. The summed E-state index contributed by atoms with van der Waals surface area (Å²) in [5.41, 5.74) is 1.11. The summed E-state index contributed by atoms with van der Waals surface area (Å²) >= 11 is 3.58. The second-order valence-corrected chi connectivity index (χ2v) is 4.17. The van der Waals surface area contributed by atoms with E-state index in [4.69, 9.17) is 9.47 Å². The number of halogens is 1. The van der Waals surface area contributed by atoms with Gasteiger partial charge in [0, 0.05) is 5.56 Å². The first-order chi connectivity index (χ1) is 6.70. The fourth-order valence-corrected chi connectivity index (χ4v) is 2.20. The SMILES string of the molecule is COc1ccc2c(c1)C(Br)C=C(C)O2. The Morgan fingerprint density at radius 3 is 2.93 bits per heavy atom. The van der Waals surface area contributed by atoms with Crippen LogP contribution >= 0.6 is 15.9 Å². The Morgan fingerprint density at radius 1 is 1.43 bits per heavy atom.